The number of nitrogens with zero attached hydrogens (tertiary/aromatic N) is 2. The van der Waals surface area contributed by atoms with Crippen LogP contribution in [0.4, 0.5) is 0 Å². The van der Waals surface area contributed by atoms with E-state index in [4.69, 9.17) is 0 Å². The molecule has 118 valence electrons. The Kier molecular flexibility index (Phi) is 5.18. The molecular weight excluding hydrogens is 244 g/mol. The van der Waals surface area contributed by atoms with Crippen LogP contribution in [0.3, 0.4) is 0 Å². The summed E-state index contributed by atoms with van der Waals surface area (Å²) in [5.74, 6) is 0. The second kappa shape index (κ2) is 6.36. The average molecular weight is 280 g/mol. The van der Waals surface area contributed by atoms with Gasteiger partial charge in [-0.2, -0.15) is 0 Å². The molecule has 1 spiro atoms. The minimum Gasteiger partial charge on any atom is -0.300 e. The normalized spacial score (nSPS) is 24.3. The summed E-state index contributed by atoms with van der Waals surface area (Å²) in [7, 11) is 0. The van der Waals surface area contributed by atoms with Gasteiger partial charge >= 0.3 is 0 Å². The fourth-order valence-electron chi connectivity index (χ4n) is 4.31. The minimum absolute atomic E-state index is 0.362. The highest BCUT2D eigenvalue weighted by molar-refractivity contribution is 5.02. The van der Waals surface area contributed by atoms with Crippen LogP contribution in [-0.4, -0.2) is 47.6 Å². The van der Waals surface area contributed by atoms with E-state index in [9.17, 15) is 0 Å². The van der Waals surface area contributed by atoms with Gasteiger partial charge in [0.15, 0.2) is 0 Å². The van der Waals surface area contributed by atoms with Gasteiger partial charge in [-0.25, -0.2) is 0 Å². The van der Waals surface area contributed by atoms with Gasteiger partial charge in [-0.15, -0.1) is 0 Å². The third-order valence-corrected chi connectivity index (χ3v) is 5.65. The lowest BCUT2D eigenvalue weighted by Gasteiger charge is -2.56. The molecule has 2 fully saturated rings. The van der Waals surface area contributed by atoms with E-state index >= 15 is 0 Å². The first kappa shape index (κ1) is 16.3. The summed E-state index contributed by atoms with van der Waals surface area (Å²) in [5, 5.41) is 0. The van der Waals surface area contributed by atoms with E-state index in [0.29, 0.717) is 11.0 Å². The SMILES string of the molecule is CCCN(CCC)C1CC2(CCN(C(C)(C)C)CC2)C1. The third kappa shape index (κ3) is 3.57. The number of hydrogen-bond donors (Lipinski definition) is 0. The van der Waals surface area contributed by atoms with Crippen molar-refractivity contribution in [3.63, 3.8) is 0 Å². The highest BCUT2D eigenvalue weighted by atomic mass is 15.2. The Balaban J connectivity index is 1.81. The molecule has 1 aliphatic carbocycles. The Hall–Kier alpha value is -0.0800. The zero-order valence-corrected chi connectivity index (χ0v) is 14.5. The van der Waals surface area contributed by atoms with E-state index in [2.05, 4.69) is 44.4 Å². The molecule has 0 aromatic heterocycles. The van der Waals surface area contributed by atoms with Crippen molar-refractivity contribution in [3.8, 4) is 0 Å². The maximum Gasteiger partial charge on any atom is 0.0125 e. The molecular formula is C18H36N2. The molecule has 0 amide bonds. The minimum atomic E-state index is 0.362. The van der Waals surface area contributed by atoms with Crippen molar-refractivity contribution in [2.75, 3.05) is 26.2 Å². The summed E-state index contributed by atoms with van der Waals surface area (Å²) >= 11 is 0. The molecule has 0 atom stereocenters. The van der Waals surface area contributed by atoms with Gasteiger partial charge in [-0.1, -0.05) is 13.8 Å². The molecule has 2 heteroatoms. The topological polar surface area (TPSA) is 6.48 Å². The van der Waals surface area contributed by atoms with Crippen molar-refractivity contribution in [2.24, 2.45) is 5.41 Å². The van der Waals surface area contributed by atoms with E-state index in [1.807, 2.05) is 0 Å². The molecule has 1 saturated carbocycles. The highest BCUT2D eigenvalue weighted by Gasteiger charge is 2.48. The summed E-state index contributed by atoms with van der Waals surface area (Å²) in [6.45, 7) is 17.0. The average Bonchev–Trinajstić information content (AvgIpc) is 2.35. The molecule has 1 heterocycles. The van der Waals surface area contributed by atoms with Crippen LogP contribution in [0.5, 0.6) is 0 Å². The zero-order valence-electron chi connectivity index (χ0n) is 14.5. The van der Waals surface area contributed by atoms with Crippen LogP contribution in [0.15, 0.2) is 0 Å². The largest absolute Gasteiger partial charge is 0.300 e. The first-order chi connectivity index (χ1) is 9.40. The Morgan fingerprint density at radius 3 is 1.90 bits per heavy atom. The monoisotopic (exact) mass is 280 g/mol. The standard InChI is InChI=1S/C18H36N2/c1-6-10-19(11-7-2)16-14-18(15-16)8-12-20(13-9-18)17(3,4)5/h16H,6-15H2,1-5H3. The molecule has 2 nitrogen and oxygen atoms in total. The molecule has 20 heavy (non-hydrogen) atoms. The van der Waals surface area contributed by atoms with Gasteiger partial charge in [0.05, 0.1) is 0 Å². The second-order valence-electron chi connectivity index (χ2n) is 8.26. The molecule has 0 aromatic carbocycles. The number of piperidine rings is 1. The lowest BCUT2D eigenvalue weighted by Crippen LogP contribution is -2.57. The van der Waals surface area contributed by atoms with Crippen LogP contribution in [0.1, 0.15) is 73.1 Å². The van der Waals surface area contributed by atoms with E-state index in [1.54, 1.807) is 0 Å². The molecule has 1 saturated heterocycles. The summed E-state index contributed by atoms with van der Waals surface area (Å²) in [4.78, 5) is 5.45. The molecule has 0 aromatic rings. The molecule has 0 unspecified atom stereocenters. The fraction of sp³-hybridized carbons (Fsp3) is 1.00. The predicted molar refractivity (Wildman–Crippen MR) is 88.2 cm³/mol. The quantitative estimate of drug-likeness (QED) is 0.746. The van der Waals surface area contributed by atoms with E-state index in [1.165, 1.54) is 64.7 Å². The van der Waals surface area contributed by atoms with Gasteiger partial charge in [0.25, 0.3) is 0 Å². The molecule has 2 rings (SSSR count). The molecule has 0 radical (unpaired) electrons. The summed E-state index contributed by atoms with van der Waals surface area (Å²) in [5.41, 5.74) is 1.08. The van der Waals surface area contributed by atoms with Crippen LogP contribution in [0.2, 0.25) is 0 Å². The summed E-state index contributed by atoms with van der Waals surface area (Å²) < 4.78 is 0. The van der Waals surface area contributed by atoms with Crippen molar-refractivity contribution < 1.29 is 0 Å². The fourth-order valence-corrected chi connectivity index (χ4v) is 4.31. The summed E-state index contributed by atoms with van der Waals surface area (Å²) in [6.07, 6.45) is 8.44. The maximum absolute atomic E-state index is 2.77. The smallest absolute Gasteiger partial charge is 0.0125 e. The Morgan fingerprint density at radius 1 is 1.00 bits per heavy atom. The Morgan fingerprint density at radius 2 is 1.50 bits per heavy atom. The van der Waals surface area contributed by atoms with Crippen LogP contribution in [-0.2, 0) is 0 Å². The van der Waals surface area contributed by atoms with Crippen LogP contribution >= 0.6 is 0 Å². The number of likely N-dealkylation sites (tertiary alicyclic amines) is 1. The summed E-state index contributed by atoms with van der Waals surface area (Å²) in [6, 6.07) is 0.899. The Bertz CT molecular complexity index is 283. The van der Waals surface area contributed by atoms with Crippen molar-refractivity contribution in [1.29, 1.82) is 0 Å². The lowest BCUT2D eigenvalue weighted by atomic mass is 9.59. The van der Waals surface area contributed by atoms with Gasteiger partial charge < -0.3 is 4.90 Å². The van der Waals surface area contributed by atoms with Crippen LogP contribution in [0.25, 0.3) is 0 Å². The van der Waals surface area contributed by atoms with Crippen molar-refractivity contribution in [2.45, 2.75) is 84.7 Å². The van der Waals surface area contributed by atoms with Gasteiger partial charge in [0, 0.05) is 11.6 Å². The molecule has 0 bridgehead atoms. The van der Waals surface area contributed by atoms with Crippen LogP contribution in [0, 0.1) is 5.41 Å². The van der Waals surface area contributed by atoms with Gasteiger partial charge in [0.2, 0.25) is 0 Å². The van der Waals surface area contributed by atoms with E-state index in [-0.39, 0.29) is 0 Å². The van der Waals surface area contributed by atoms with Crippen molar-refractivity contribution >= 4 is 0 Å². The van der Waals surface area contributed by atoms with Crippen molar-refractivity contribution in [3.05, 3.63) is 0 Å². The zero-order chi connectivity index (χ0) is 14.8. The van der Waals surface area contributed by atoms with Crippen molar-refractivity contribution in [1.82, 2.24) is 9.80 Å². The van der Waals surface area contributed by atoms with Crippen LogP contribution < -0.4 is 0 Å². The third-order valence-electron chi connectivity index (χ3n) is 5.65. The number of rotatable bonds is 5. The van der Waals surface area contributed by atoms with Gasteiger partial charge in [-0.3, -0.25) is 4.90 Å². The van der Waals surface area contributed by atoms with Gasteiger partial charge in [-0.05, 0) is 90.9 Å². The molecule has 0 N–H and O–H groups in total. The van der Waals surface area contributed by atoms with Gasteiger partial charge in [0.1, 0.15) is 0 Å². The predicted octanol–water partition coefficient (Wildman–Crippen LogP) is 4.15. The Labute approximate surface area is 126 Å². The molecule has 2 aliphatic rings. The second-order valence-corrected chi connectivity index (χ2v) is 8.26. The molecule has 1 aliphatic heterocycles. The van der Waals surface area contributed by atoms with E-state index < -0.39 is 0 Å². The number of hydrogen-bond acceptors (Lipinski definition) is 2. The first-order valence-electron chi connectivity index (χ1n) is 8.89. The maximum atomic E-state index is 2.77. The first-order valence-corrected chi connectivity index (χ1v) is 8.89. The highest BCUT2D eigenvalue weighted by Crippen LogP contribution is 2.51. The van der Waals surface area contributed by atoms with E-state index in [0.717, 1.165) is 6.04 Å². The lowest BCUT2D eigenvalue weighted by molar-refractivity contribution is -0.0577.